The lowest BCUT2D eigenvalue weighted by Crippen LogP contribution is -2.28. The maximum atomic E-state index is 12.8. The molecule has 1 aliphatic heterocycles. The smallest absolute Gasteiger partial charge is 0.419 e. The first-order valence-electron chi connectivity index (χ1n) is 6.10. The van der Waals surface area contributed by atoms with Gasteiger partial charge in [-0.1, -0.05) is 0 Å². The Labute approximate surface area is 112 Å². The summed E-state index contributed by atoms with van der Waals surface area (Å²) in [6.45, 7) is 0.860. The minimum Gasteiger partial charge on any atom is -0.491 e. The molecule has 5 nitrogen and oxygen atoms in total. The zero-order chi connectivity index (χ0) is 14.8. The van der Waals surface area contributed by atoms with Gasteiger partial charge < -0.3 is 10.1 Å². The van der Waals surface area contributed by atoms with Crippen molar-refractivity contribution in [2.75, 3.05) is 13.2 Å². The molecular weight excluding hydrogens is 277 g/mol. The van der Waals surface area contributed by atoms with E-state index in [2.05, 4.69) is 5.32 Å². The van der Waals surface area contributed by atoms with Gasteiger partial charge in [0.05, 0.1) is 16.6 Å². The molecule has 110 valence electrons. The lowest BCUT2D eigenvalue weighted by Gasteiger charge is -2.16. The summed E-state index contributed by atoms with van der Waals surface area (Å²) < 4.78 is 43.6. The summed E-state index contributed by atoms with van der Waals surface area (Å²) in [6, 6.07) is 2.30. The average molecular weight is 290 g/mol. The fourth-order valence-electron chi connectivity index (χ4n) is 2.07. The van der Waals surface area contributed by atoms with Crippen LogP contribution in [0.25, 0.3) is 0 Å². The molecule has 0 amide bonds. The molecule has 1 aliphatic rings. The van der Waals surface area contributed by atoms with E-state index in [4.69, 9.17) is 4.74 Å². The van der Waals surface area contributed by atoms with Crippen molar-refractivity contribution in [2.24, 2.45) is 0 Å². The summed E-state index contributed by atoms with van der Waals surface area (Å²) in [6.07, 6.45) is -2.85. The molecule has 1 saturated heterocycles. The zero-order valence-corrected chi connectivity index (χ0v) is 10.4. The number of nitrogens with zero attached hydrogens (tertiary/aromatic N) is 1. The maximum Gasteiger partial charge on any atom is 0.419 e. The zero-order valence-electron chi connectivity index (χ0n) is 10.4. The molecule has 0 bridgehead atoms. The third-order valence-electron chi connectivity index (χ3n) is 3.08. The molecule has 0 aromatic heterocycles. The van der Waals surface area contributed by atoms with E-state index >= 15 is 0 Å². The highest BCUT2D eigenvalue weighted by Gasteiger charge is 2.35. The van der Waals surface area contributed by atoms with Crippen LogP contribution >= 0.6 is 0 Å². The molecule has 1 atom stereocenters. The van der Waals surface area contributed by atoms with Crippen LogP contribution in [0.2, 0.25) is 0 Å². The molecule has 2 rings (SSSR count). The summed E-state index contributed by atoms with van der Waals surface area (Å²) in [7, 11) is 0. The first-order valence-corrected chi connectivity index (χ1v) is 6.10. The van der Waals surface area contributed by atoms with Crippen LogP contribution in [-0.4, -0.2) is 24.1 Å². The second-order valence-corrected chi connectivity index (χ2v) is 4.54. The van der Waals surface area contributed by atoms with E-state index in [0.717, 1.165) is 31.5 Å². The van der Waals surface area contributed by atoms with Gasteiger partial charge in [0, 0.05) is 12.1 Å². The van der Waals surface area contributed by atoms with E-state index in [1.807, 2.05) is 0 Å². The van der Waals surface area contributed by atoms with Crippen LogP contribution in [0.15, 0.2) is 18.2 Å². The number of halogens is 3. The minimum absolute atomic E-state index is 0.0182. The van der Waals surface area contributed by atoms with Gasteiger partial charge in [0.15, 0.2) is 0 Å². The van der Waals surface area contributed by atoms with Crippen molar-refractivity contribution in [1.29, 1.82) is 0 Å². The number of nitrogens with one attached hydrogen (secondary N) is 1. The van der Waals surface area contributed by atoms with Crippen molar-refractivity contribution in [1.82, 2.24) is 5.32 Å². The predicted octanol–water partition coefficient (Wildman–Crippen LogP) is 2.74. The molecule has 20 heavy (non-hydrogen) atoms. The molecule has 1 aromatic rings. The van der Waals surface area contributed by atoms with Gasteiger partial charge in [-0.05, 0) is 25.5 Å². The van der Waals surface area contributed by atoms with E-state index in [9.17, 15) is 23.3 Å². The van der Waals surface area contributed by atoms with E-state index in [0.29, 0.717) is 6.07 Å². The fourth-order valence-corrected chi connectivity index (χ4v) is 2.07. The van der Waals surface area contributed by atoms with Gasteiger partial charge >= 0.3 is 6.18 Å². The molecule has 1 unspecified atom stereocenters. The average Bonchev–Trinajstić information content (AvgIpc) is 2.87. The number of rotatable bonds is 4. The Morgan fingerprint density at radius 2 is 2.20 bits per heavy atom. The highest BCUT2D eigenvalue weighted by Crippen LogP contribution is 2.38. The highest BCUT2D eigenvalue weighted by atomic mass is 19.4. The summed E-state index contributed by atoms with van der Waals surface area (Å²) in [5.41, 5.74) is -1.42. The van der Waals surface area contributed by atoms with Gasteiger partial charge in [-0.2, -0.15) is 13.2 Å². The number of nitro groups is 1. The van der Waals surface area contributed by atoms with E-state index in [1.165, 1.54) is 0 Å². The second-order valence-electron chi connectivity index (χ2n) is 4.54. The van der Waals surface area contributed by atoms with Crippen LogP contribution in [-0.2, 0) is 6.18 Å². The normalized spacial score (nSPS) is 19.1. The summed E-state index contributed by atoms with van der Waals surface area (Å²) in [5, 5.41) is 13.7. The van der Waals surface area contributed by atoms with Crippen molar-refractivity contribution >= 4 is 5.69 Å². The standard InChI is InChI=1S/C12H13F3N2O3/c13-12(14,15)10-4-3-9(17(18)19)6-11(10)20-7-8-2-1-5-16-8/h3-4,6,8,16H,1-2,5,7H2. The molecule has 0 saturated carbocycles. The van der Waals surface area contributed by atoms with Gasteiger partial charge in [0.25, 0.3) is 5.69 Å². The summed E-state index contributed by atoms with van der Waals surface area (Å²) in [5.74, 6) is -0.500. The number of ether oxygens (including phenoxy) is 1. The van der Waals surface area contributed by atoms with Crippen molar-refractivity contribution in [3.8, 4) is 5.75 Å². The topological polar surface area (TPSA) is 64.4 Å². The van der Waals surface area contributed by atoms with Gasteiger partial charge in [0.2, 0.25) is 0 Å². The van der Waals surface area contributed by atoms with Crippen molar-refractivity contribution in [3.63, 3.8) is 0 Å². The molecule has 1 aromatic carbocycles. The highest BCUT2D eigenvalue weighted by molar-refractivity contribution is 5.45. The van der Waals surface area contributed by atoms with Crippen LogP contribution < -0.4 is 10.1 Å². The van der Waals surface area contributed by atoms with E-state index < -0.39 is 28.1 Å². The number of non-ortho nitro benzene ring substituents is 1. The molecular formula is C12H13F3N2O3. The molecule has 0 aliphatic carbocycles. The number of hydrogen-bond donors (Lipinski definition) is 1. The van der Waals surface area contributed by atoms with Crippen LogP contribution in [0.4, 0.5) is 18.9 Å². The largest absolute Gasteiger partial charge is 0.491 e. The van der Waals surface area contributed by atoms with Crippen LogP contribution in [0.1, 0.15) is 18.4 Å². The molecule has 0 spiro atoms. The Hall–Kier alpha value is -1.83. The monoisotopic (exact) mass is 290 g/mol. The van der Waals surface area contributed by atoms with Crippen LogP contribution in [0.3, 0.4) is 0 Å². The van der Waals surface area contributed by atoms with Crippen LogP contribution in [0.5, 0.6) is 5.75 Å². The lowest BCUT2D eigenvalue weighted by molar-refractivity contribution is -0.385. The molecule has 1 N–H and O–H groups in total. The van der Waals surface area contributed by atoms with Crippen molar-refractivity contribution < 1.29 is 22.8 Å². The maximum absolute atomic E-state index is 12.8. The second kappa shape index (κ2) is 5.66. The first-order chi connectivity index (χ1) is 9.38. The van der Waals surface area contributed by atoms with E-state index in [1.54, 1.807) is 0 Å². The quantitative estimate of drug-likeness (QED) is 0.684. The third kappa shape index (κ3) is 3.38. The van der Waals surface area contributed by atoms with Crippen molar-refractivity contribution in [3.05, 3.63) is 33.9 Å². The Morgan fingerprint density at radius 1 is 1.45 bits per heavy atom. The lowest BCUT2D eigenvalue weighted by atomic mass is 10.1. The third-order valence-corrected chi connectivity index (χ3v) is 3.08. The SMILES string of the molecule is O=[N+]([O-])c1ccc(C(F)(F)F)c(OCC2CCCN2)c1. The van der Waals surface area contributed by atoms with Crippen molar-refractivity contribution in [2.45, 2.75) is 25.1 Å². The molecule has 1 fully saturated rings. The summed E-state index contributed by atoms with van der Waals surface area (Å²) >= 11 is 0. The van der Waals surface area contributed by atoms with Crippen LogP contribution in [0, 0.1) is 10.1 Å². The Morgan fingerprint density at radius 3 is 2.75 bits per heavy atom. The van der Waals surface area contributed by atoms with Gasteiger partial charge in [0.1, 0.15) is 12.4 Å². The minimum atomic E-state index is -4.60. The number of alkyl halides is 3. The van der Waals surface area contributed by atoms with Gasteiger partial charge in [-0.15, -0.1) is 0 Å². The fraction of sp³-hybridized carbons (Fsp3) is 0.500. The summed E-state index contributed by atoms with van der Waals surface area (Å²) in [4.78, 5) is 9.88. The van der Waals surface area contributed by atoms with E-state index in [-0.39, 0.29) is 12.6 Å². The van der Waals surface area contributed by atoms with Gasteiger partial charge in [-0.3, -0.25) is 10.1 Å². The number of nitro benzene ring substituents is 1. The number of hydrogen-bond acceptors (Lipinski definition) is 4. The van der Waals surface area contributed by atoms with Gasteiger partial charge in [-0.25, -0.2) is 0 Å². The molecule has 0 radical (unpaired) electrons. The number of benzene rings is 1. The molecule has 1 heterocycles. The Bertz CT molecular complexity index is 499. The first kappa shape index (κ1) is 14.6. The predicted molar refractivity (Wildman–Crippen MR) is 64.6 cm³/mol. The molecule has 8 heteroatoms. The Kier molecular flexibility index (Phi) is 4.12. The Balaban J connectivity index is 2.21.